The van der Waals surface area contributed by atoms with Gasteiger partial charge in [0.05, 0.1) is 7.11 Å². The van der Waals surface area contributed by atoms with E-state index < -0.39 is 19.9 Å². The zero-order chi connectivity index (χ0) is 15.3. The molecule has 0 saturated heterocycles. The van der Waals surface area contributed by atoms with Crippen LogP contribution < -0.4 is 0 Å². The van der Waals surface area contributed by atoms with Crippen molar-refractivity contribution in [2.45, 2.75) is 32.4 Å². The van der Waals surface area contributed by atoms with E-state index in [0.717, 1.165) is 12.1 Å². The number of ether oxygens (including phenoxy) is 2. The maximum Gasteiger partial charge on any atom is 0.354 e. The van der Waals surface area contributed by atoms with Crippen LogP contribution in [0.3, 0.4) is 0 Å². The minimum Gasteiger partial charge on any atom is -0.464 e. The molecule has 112 valence electrons. The Morgan fingerprint density at radius 2 is 2.10 bits per heavy atom. The van der Waals surface area contributed by atoms with E-state index in [1.807, 2.05) is 0 Å². The molecule has 0 aliphatic rings. The molecular formula is C13H20FNO4Si. The predicted octanol–water partition coefficient (Wildman–Crippen LogP) is 2.54. The lowest BCUT2D eigenvalue weighted by Crippen LogP contribution is -2.22. The molecule has 0 atom stereocenters. The fraction of sp³-hybridized carbons (Fsp3) is 0.538. The number of rotatable bonds is 7. The smallest absolute Gasteiger partial charge is 0.354 e. The second-order valence-electron chi connectivity index (χ2n) is 5.65. The first-order chi connectivity index (χ1) is 9.30. The summed E-state index contributed by atoms with van der Waals surface area (Å²) in [6, 6.07) is 1.93. The SMILES string of the molecule is COC(=O)c1cc(F)c(C=O)n1COCC[Si](C)(C)C. The van der Waals surface area contributed by atoms with Gasteiger partial charge in [-0.05, 0) is 6.04 Å². The molecule has 1 aromatic rings. The Hall–Kier alpha value is -1.47. The summed E-state index contributed by atoms with van der Waals surface area (Å²) in [5, 5.41) is 0. The van der Waals surface area contributed by atoms with Crippen molar-refractivity contribution in [1.29, 1.82) is 0 Å². The Bertz CT molecular complexity index is 493. The van der Waals surface area contributed by atoms with E-state index in [1.54, 1.807) is 0 Å². The van der Waals surface area contributed by atoms with Gasteiger partial charge in [-0.2, -0.15) is 0 Å². The number of hydrogen-bond donors (Lipinski definition) is 0. The molecule has 0 saturated carbocycles. The highest BCUT2D eigenvalue weighted by Gasteiger charge is 2.20. The molecule has 1 aromatic heterocycles. The quantitative estimate of drug-likeness (QED) is 0.336. The largest absolute Gasteiger partial charge is 0.464 e. The van der Waals surface area contributed by atoms with E-state index >= 15 is 0 Å². The van der Waals surface area contributed by atoms with Crippen molar-refractivity contribution in [2.75, 3.05) is 13.7 Å². The molecule has 7 heteroatoms. The van der Waals surface area contributed by atoms with Crippen molar-refractivity contribution in [2.24, 2.45) is 0 Å². The molecule has 0 unspecified atom stereocenters. The van der Waals surface area contributed by atoms with Crippen molar-refractivity contribution >= 4 is 20.3 Å². The molecule has 20 heavy (non-hydrogen) atoms. The average Bonchev–Trinajstić information content (AvgIpc) is 2.68. The third-order valence-corrected chi connectivity index (χ3v) is 4.52. The highest BCUT2D eigenvalue weighted by atomic mass is 28.3. The second kappa shape index (κ2) is 6.80. The maximum absolute atomic E-state index is 13.6. The molecule has 0 bridgehead atoms. The molecule has 0 fully saturated rings. The van der Waals surface area contributed by atoms with E-state index in [0.29, 0.717) is 12.9 Å². The second-order valence-corrected chi connectivity index (χ2v) is 11.3. The van der Waals surface area contributed by atoms with Gasteiger partial charge in [0.2, 0.25) is 0 Å². The van der Waals surface area contributed by atoms with Gasteiger partial charge >= 0.3 is 5.97 Å². The molecule has 1 heterocycles. The van der Waals surface area contributed by atoms with Gasteiger partial charge in [0, 0.05) is 20.7 Å². The molecule has 0 N–H and O–H groups in total. The lowest BCUT2D eigenvalue weighted by Gasteiger charge is -2.16. The predicted molar refractivity (Wildman–Crippen MR) is 75.2 cm³/mol. The van der Waals surface area contributed by atoms with Crippen molar-refractivity contribution in [3.05, 3.63) is 23.3 Å². The number of aldehydes is 1. The van der Waals surface area contributed by atoms with E-state index in [-0.39, 0.29) is 18.1 Å². The highest BCUT2D eigenvalue weighted by molar-refractivity contribution is 6.76. The van der Waals surface area contributed by atoms with Crippen LogP contribution in [0.1, 0.15) is 21.0 Å². The lowest BCUT2D eigenvalue weighted by molar-refractivity contribution is 0.0537. The minimum absolute atomic E-state index is 0.0277. The topological polar surface area (TPSA) is 57.5 Å². The van der Waals surface area contributed by atoms with Gasteiger partial charge in [0.1, 0.15) is 18.1 Å². The summed E-state index contributed by atoms with van der Waals surface area (Å²) in [6.07, 6.45) is 0.365. The third kappa shape index (κ3) is 4.28. The summed E-state index contributed by atoms with van der Waals surface area (Å²) in [5.41, 5.74) is -0.237. The number of nitrogens with zero attached hydrogens (tertiary/aromatic N) is 1. The normalized spacial score (nSPS) is 11.4. The number of methoxy groups -OCH3 is 1. The lowest BCUT2D eigenvalue weighted by atomic mass is 10.4. The average molecular weight is 301 g/mol. The van der Waals surface area contributed by atoms with Gasteiger partial charge in [0.25, 0.3) is 0 Å². The summed E-state index contributed by atoms with van der Waals surface area (Å²) in [5.74, 6) is -1.46. The van der Waals surface area contributed by atoms with Crippen LogP contribution >= 0.6 is 0 Å². The van der Waals surface area contributed by atoms with E-state index in [2.05, 4.69) is 24.4 Å². The van der Waals surface area contributed by atoms with Gasteiger partial charge < -0.3 is 14.0 Å². The van der Waals surface area contributed by atoms with E-state index in [9.17, 15) is 14.0 Å². The van der Waals surface area contributed by atoms with Crippen LogP contribution in [0.15, 0.2) is 6.07 Å². The first-order valence-corrected chi connectivity index (χ1v) is 10.0. The summed E-state index contributed by atoms with van der Waals surface area (Å²) in [6.45, 7) is 7.09. The fourth-order valence-electron chi connectivity index (χ4n) is 1.60. The number of aromatic nitrogens is 1. The fourth-order valence-corrected chi connectivity index (χ4v) is 2.35. The monoisotopic (exact) mass is 301 g/mol. The number of esters is 1. The van der Waals surface area contributed by atoms with Crippen molar-refractivity contribution in [1.82, 2.24) is 4.57 Å². The Labute approximate surface area is 118 Å². The standard InChI is InChI=1S/C13H20FNO4Si/c1-18-13(17)11-7-10(14)12(8-16)15(11)9-19-5-6-20(2,3)4/h7-8H,5-6,9H2,1-4H3. The molecule has 0 aromatic carbocycles. The molecule has 0 radical (unpaired) electrons. The Kier molecular flexibility index (Phi) is 5.64. The van der Waals surface area contributed by atoms with Gasteiger partial charge in [-0.3, -0.25) is 4.79 Å². The van der Waals surface area contributed by atoms with Gasteiger partial charge in [0.15, 0.2) is 12.1 Å². The Morgan fingerprint density at radius 3 is 2.60 bits per heavy atom. The van der Waals surface area contributed by atoms with Crippen LogP contribution in [-0.4, -0.2) is 38.6 Å². The van der Waals surface area contributed by atoms with Crippen molar-refractivity contribution in [3.8, 4) is 0 Å². The third-order valence-electron chi connectivity index (χ3n) is 2.81. The van der Waals surface area contributed by atoms with Crippen LogP contribution in [0.2, 0.25) is 25.7 Å². The zero-order valence-electron chi connectivity index (χ0n) is 12.2. The first-order valence-electron chi connectivity index (χ1n) is 6.30. The van der Waals surface area contributed by atoms with Crippen molar-refractivity contribution < 1.29 is 23.5 Å². The van der Waals surface area contributed by atoms with Crippen LogP contribution in [0.4, 0.5) is 4.39 Å². The molecule has 0 aliphatic heterocycles. The number of carbonyl (C=O) groups excluding carboxylic acids is 2. The number of halogens is 1. The van der Waals surface area contributed by atoms with Crippen LogP contribution in [0.25, 0.3) is 0 Å². The Balaban J connectivity index is 2.81. The first kappa shape index (κ1) is 16.6. The molecule has 1 rings (SSSR count). The van der Waals surface area contributed by atoms with Crippen LogP contribution in [0, 0.1) is 5.82 Å². The molecule has 5 nitrogen and oxygen atoms in total. The van der Waals surface area contributed by atoms with Gasteiger partial charge in [-0.25, -0.2) is 9.18 Å². The maximum atomic E-state index is 13.6. The molecule has 0 spiro atoms. The summed E-state index contributed by atoms with van der Waals surface area (Å²) in [7, 11) is -0.0253. The summed E-state index contributed by atoms with van der Waals surface area (Å²) in [4.78, 5) is 22.4. The minimum atomic E-state index is -1.22. The van der Waals surface area contributed by atoms with Crippen molar-refractivity contribution in [3.63, 3.8) is 0 Å². The number of carbonyl (C=O) groups is 2. The summed E-state index contributed by atoms with van der Waals surface area (Å²) >= 11 is 0. The van der Waals surface area contributed by atoms with Crippen LogP contribution in [0.5, 0.6) is 0 Å². The zero-order valence-corrected chi connectivity index (χ0v) is 13.2. The van der Waals surface area contributed by atoms with Gasteiger partial charge in [-0.1, -0.05) is 19.6 Å². The number of hydrogen-bond acceptors (Lipinski definition) is 4. The van der Waals surface area contributed by atoms with E-state index in [4.69, 9.17) is 4.74 Å². The highest BCUT2D eigenvalue weighted by Crippen LogP contribution is 2.15. The van der Waals surface area contributed by atoms with Crippen LogP contribution in [-0.2, 0) is 16.2 Å². The summed E-state index contributed by atoms with van der Waals surface area (Å²) < 4.78 is 24.8. The Morgan fingerprint density at radius 1 is 1.45 bits per heavy atom. The van der Waals surface area contributed by atoms with E-state index in [1.165, 1.54) is 11.7 Å². The molecule has 0 amide bonds. The molecular weight excluding hydrogens is 281 g/mol. The molecule has 0 aliphatic carbocycles. The van der Waals surface area contributed by atoms with Gasteiger partial charge in [-0.15, -0.1) is 0 Å².